The van der Waals surface area contributed by atoms with Gasteiger partial charge in [0.2, 0.25) is 5.91 Å². The van der Waals surface area contributed by atoms with Crippen LogP contribution in [0.15, 0.2) is 84.0 Å². The molecule has 4 rings (SSSR count). The highest BCUT2D eigenvalue weighted by molar-refractivity contribution is 6.30. The van der Waals surface area contributed by atoms with Crippen LogP contribution in [-0.2, 0) is 16.4 Å². The van der Waals surface area contributed by atoms with Crippen molar-refractivity contribution in [3.05, 3.63) is 101 Å². The number of nitrogens with zero attached hydrogens (tertiary/aromatic N) is 2. The molecule has 33 heavy (non-hydrogen) atoms. The summed E-state index contributed by atoms with van der Waals surface area (Å²) in [5.41, 5.74) is 1.83. The fourth-order valence-electron chi connectivity index (χ4n) is 3.95. The lowest BCUT2D eigenvalue weighted by Gasteiger charge is -2.27. The number of hydrogen-bond donors (Lipinski definition) is 1. The molecule has 3 aromatic carbocycles. The molecule has 170 valence electrons. The molecule has 0 saturated carbocycles. The molecule has 0 aromatic heterocycles. The topological polar surface area (TPSA) is 44.7 Å². The number of rotatable bonds is 5. The van der Waals surface area contributed by atoms with Gasteiger partial charge in [-0.25, -0.2) is 0 Å². The number of benzene rings is 3. The smallest absolute Gasteiger partial charge is 0.324 e. The first kappa shape index (κ1) is 22.9. The molecule has 1 N–H and O–H groups in total. The summed E-state index contributed by atoms with van der Waals surface area (Å²) in [6.45, 7) is 2.50. The zero-order valence-corrected chi connectivity index (χ0v) is 18.5. The van der Waals surface area contributed by atoms with Crippen LogP contribution in [0.1, 0.15) is 23.6 Å². The Hall–Kier alpha value is -3.32. The maximum atomic E-state index is 12.7. The molecule has 3 aromatic rings. The van der Waals surface area contributed by atoms with Gasteiger partial charge in [-0.05, 0) is 54.4 Å². The Kier molecular flexibility index (Phi) is 6.17. The van der Waals surface area contributed by atoms with Gasteiger partial charge in [0.1, 0.15) is 6.54 Å². The zero-order chi connectivity index (χ0) is 23.6. The number of anilines is 1. The van der Waals surface area contributed by atoms with E-state index in [0.29, 0.717) is 17.3 Å². The Morgan fingerprint density at radius 3 is 2.27 bits per heavy atom. The number of halogens is 4. The van der Waals surface area contributed by atoms with E-state index in [9.17, 15) is 18.0 Å². The van der Waals surface area contributed by atoms with Crippen LogP contribution in [0.25, 0.3) is 0 Å². The number of hydrogen-bond acceptors (Lipinski definition) is 3. The van der Waals surface area contributed by atoms with Gasteiger partial charge in [0.15, 0.2) is 0 Å². The Bertz CT molecular complexity index is 1160. The Balaban J connectivity index is 1.54. The monoisotopic (exact) mass is 471 g/mol. The van der Waals surface area contributed by atoms with Crippen molar-refractivity contribution in [2.24, 2.45) is 5.10 Å². The Morgan fingerprint density at radius 2 is 1.67 bits per heavy atom. The van der Waals surface area contributed by atoms with E-state index in [-0.39, 0.29) is 12.5 Å². The van der Waals surface area contributed by atoms with Gasteiger partial charge in [0, 0.05) is 10.7 Å². The van der Waals surface area contributed by atoms with E-state index in [1.54, 1.807) is 17.1 Å². The minimum Gasteiger partial charge on any atom is -0.324 e. The van der Waals surface area contributed by atoms with E-state index in [0.717, 1.165) is 29.0 Å². The molecule has 0 spiro atoms. The molecular weight excluding hydrogens is 451 g/mol. The molecule has 1 heterocycles. The van der Waals surface area contributed by atoms with Crippen LogP contribution in [0.4, 0.5) is 18.9 Å². The van der Waals surface area contributed by atoms with E-state index >= 15 is 0 Å². The third kappa shape index (κ3) is 5.03. The fraction of sp³-hybridized carbons (Fsp3) is 0.200. The van der Waals surface area contributed by atoms with Crippen LogP contribution in [0.5, 0.6) is 0 Å². The molecule has 0 radical (unpaired) electrons. The summed E-state index contributed by atoms with van der Waals surface area (Å²) in [4.78, 5) is 12.6. The molecule has 1 atom stereocenters. The maximum absolute atomic E-state index is 12.7. The van der Waals surface area contributed by atoms with E-state index < -0.39 is 17.2 Å². The van der Waals surface area contributed by atoms with E-state index in [1.165, 1.54) is 12.1 Å². The summed E-state index contributed by atoms with van der Waals surface area (Å²) < 4.78 is 38.2. The molecular formula is C25H21ClF3N3O. The van der Waals surface area contributed by atoms with E-state index in [1.807, 2.05) is 42.5 Å². The fourth-order valence-corrected chi connectivity index (χ4v) is 4.07. The summed E-state index contributed by atoms with van der Waals surface area (Å²) in [6, 6.07) is 21.6. The normalized spacial score (nSPS) is 18.2. The van der Waals surface area contributed by atoms with Crippen molar-refractivity contribution in [1.82, 2.24) is 5.01 Å². The lowest BCUT2D eigenvalue weighted by Crippen LogP contribution is -2.38. The average Bonchev–Trinajstić information content (AvgIpc) is 3.11. The standard InChI is InChI=1S/C25H21ClF3N3O/c1-24(18-5-3-2-4-6-18)16-32(31-23(24)17-7-11-20(26)12-8-17)15-22(33)30-21-13-9-19(10-14-21)25(27,28)29/h2-14H,15-16H2,1H3,(H,30,33). The van der Waals surface area contributed by atoms with Crippen molar-refractivity contribution in [2.75, 3.05) is 18.4 Å². The summed E-state index contributed by atoms with van der Waals surface area (Å²) >= 11 is 6.05. The van der Waals surface area contributed by atoms with Gasteiger partial charge in [-0.15, -0.1) is 0 Å². The van der Waals surface area contributed by atoms with Gasteiger partial charge in [-0.2, -0.15) is 18.3 Å². The van der Waals surface area contributed by atoms with Crippen molar-refractivity contribution in [3.63, 3.8) is 0 Å². The van der Waals surface area contributed by atoms with Gasteiger partial charge >= 0.3 is 6.18 Å². The van der Waals surface area contributed by atoms with Crippen molar-refractivity contribution >= 4 is 28.9 Å². The number of amides is 1. The number of carbonyl (C=O) groups excluding carboxylic acids is 1. The van der Waals surface area contributed by atoms with Crippen LogP contribution in [0, 0.1) is 0 Å². The van der Waals surface area contributed by atoms with Crippen molar-refractivity contribution in [1.29, 1.82) is 0 Å². The summed E-state index contributed by atoms with van der Waals surface area (Å²) in [7, 11) is 0. The lowest BCUT2D eigenvalue weighted by atomic mass is 9.76. The number of alkyl halides is 3. The quantitative estimate of drug-likeness (QED) is 0.498. The van der Waals surface area contributed by atoms with Gasteiger partial charge in [0.25, 0.3) is 0 Å². The first-order chi connectivity index (χ1) is 15.6. The number of carbonyl (C=O) groups is 1. The molecule has 1 aliphatic rings. The molecule has 8 heteroatoms. The molecule has 1 unspecified atom stereocenters. The van der Waals surface area contributed by atoms with Gasteiger partial charge < -0.3 is 5.32 Å². The predicted molar refractivity (Wildman–Crippen MR) is 123 cm³/mol. The minimum absolute atomic E-state index is 0.0411. The number of nitrogens with one attached hydrogen (secondary N) is 1. The van der Waals surface area contributed by atoms with Gasteiger partial charge in [-0.1, -0.05) is 54.1 Å². The molecule has 0 bridgehead atoms. The molecule has 1 amide bonds. The highest BCUT2D eigenvalue weighted by Gasteiger charge is 2.41. The molecule has 1 aliphatic heterocycles. The molecule has 0 saturated heterocycles. The van der Waals surface area contributed by atoms with Crippen molar-refractivity contribution in [3.8, 4) is 0 Å². The summed E-state index contributed by atoms with van der Waals surface area (Å²) in [6.07, 6.45) is -4.42. The highest BCUT2D eigenvalue weighted by atomic mass is 35.5. The lowest BCUT2D eigenvalue weighted by molar-refractivity contribution is -0.137. The number of hydrazone groups is 1. The first-order valence-corrected chi connectivity index (χ1v) is 10.7. The zero-order valence-electron chi connectivity index (χ0n) is 17.7. The predicted octanol–water partition coefficient (Wildman–Crippen LogP) is 5.98. The minimum atomic E-state index is -4.42. The maximum Gasteiger partial charge on any atom is 0.416 e. The SMILES string of the molecule is CC1(c2ccccc2)CN(CC(=O)Nc2ccc(C(F)(F)F)cc2)N=C1c1ccc(Cl)cc1. The van der Waals surface area contributed by atoms with Crippen LogP contribution in [0.2, 0.25) is 5.02 Å². The largest absolute Gasteiger partial charge is 0.416 e. The second-order valence-electron chi connectivity index (χ2n) is 8.10. The van der Waals surface area contributed by atoms with Crippen LogP contribution >= 0.6 is 11.6 Å². The van der Waals surface area contributed by atoms with E-state index in [4.69, 9.17) is 16.7 Å². The second kappa shape index (κ2) is 8.90. The van der Waals surface area contributed by atoms with E-state index in [2.05, 4.69) is 12.2 Å². The van der Waals surface area contributed by atoms with Crippen LogP contribution < -0.4 is 5.32 Å². The van der Waals surface area contributed by atoms with Gasteiger partial charge in [0.05, 0.1) is 23.2 Å². The Morgan fingerprint density at radius 1 is 1.03 bits per heavy atom. The highest BCUT2D eigenvalue weighted by Crippen LogP contribution is 2.35. The molecule has 0 aliphatic carbocycles. The average molecular weight is 472 g/mol. The third-order valence-electron chi connectivity index (χ3n) is 5.61. The molecule has 0 fully saturated rings. The second-order valence-corrected chi connectivity index (χ2v) is 8.54. The Labute approximate surface area is 194 Å². The summed E-state index contributed by atoms with van der Waals surface area (Å²) in [5, 5.41) is 9.68. The molecule has 4 nitrogen and oxygen atoms in total. The summed E-state index contributed by atoms with van der Waals surface area (Å²) in [5.74, 6) is -0.369. The van der Waals surface area contributed by atoms with Crippen molar-refractivity contribution < 1.29 is 18.0 Å². The van der Waals surface area contributed by atoms with Gasteiger partial charge in [-0.3, -0.25) is 9.80 Å². The van der Waals surface area contributed by atoms with Crippen LogP contribution in [0.3, 0.4) is 0 Å². The van der Waals surface area contributed by atoms with Crippen LogP contribution in [-0.4, -0.2) is 29.7 Å². The van der Waals surface area contributed by atoms with Crippen molar-refractivity contribution in [2.45, 2.75) is 18.5 Å². The third-order valence-corrected chi connectivity index (χ3v) is 5.87. The first-order valence-electron chi connectivity index (χ1n) is 10.3.